The summed E-state index contributed by atoms with van der Waals surface area (Å²) in [4.78, 5) is 24.0. The van der Waals surface area contributed by atoms with Crippen LogP contribution in [0.1, 0.15) is 18.1 Å². The van der Waals surface area contributed by atoms with E-state index in [2.05, 4.69) is 21.2 Å². The van der Waals surface area contributed by atoms with Gasteiger partial charge in [0.1, 0.15) is 11.9 Å². The van der Waals surface area contributed by atoms with Crippen LogP contribution in [0.5, 0.6) is 0 Å². The van der Waals surface area contributed by atoms with E-state index in [1.165, 1.54) is 6.07 Å². The first-order valence-electron chi connectivity index (χ1n) is 6.78. The number of carbonyl (C=O) groups is 2. The minimum absolute atomic E-state index is 0.0816. The Hall–Kier alpha value is -1.67. The van der Waals surface area contributed by atoms with Gasteiger partial charge in [-0.15, -0.1) is 0 Å². The first-order chi connectivity index (χ1) is 10.5. The second-order valence-electron chi connectivity index (χ2n) is 4.85. The van der Waals surface area contributed by atoms with E-state index in [1.54, 1.807) is 17.0 Å². The molecule has 0 aromatic heterocycles. The van der Waals surface area contributed by atoms with Crippen molar-refractivity contribution in [3.05, 3.63) is 34.1 Å². The largest absolute Gasteiger partial charge is 0.481 e. The number of hydrogen-bond donors (Lipinski definition) is 2. The molecule has 0 bridgehead atoms. The number of benzene rings is 1. The summed E-state index contributed by atoms with van der Waals surface area (Å²) in [5.74, 6) is -1.32. The zero-order valence-electron chi connectivity index (χ0n) is 11.7. The quantitative estimate of drug-likeness (QED) is 0.846. The lowest BCUT2D eigenvalue weighted by molar-refractivity contribution is -0.136. The highest BCUT2D eigenvalue weighted by Gasteiger charge is 2.25. The summed E-state index contributed by atoms with van der Waals surface area (Å²) < 4.78 is 19.2. The van der Waals surface area contributed by atoms with Crippen molar-refractivity contribution in [1.29, 1.82) is 0 Å². The maximum Gasteiger partial charge on any atom is 0.317 e. The number of nitrogens with zero attached hydrogens (tertiary/aromatic N) is 1. The number of morpholine rings is 1. The molecule has 22 heavy (non-hydrogen) atoms. The van der Waals surface area contributed by atoms with Gasteiger partial charge in [-0.25, -0.2) is 9.18 Å². The predicted octanol–water partition coefficient (Wildman–Crippen LogP) is 2.15. The Bertz CT molecular complexity index is 570. The second-order valence-corrected chi connectivity index (χ2v) is 5.71. The van der Waals surface area contributed by atoms with Crippen molar-refractivity contribution in [3.8, 4) is 0 Å². The molecule has 1 unspecified atom stereocenters. The molecule has 1 aromatic rings. The van der Waals surface area contributed by atoms with Gasteiger partial charge < -0.3 is 20.1 Å². The third-order valence-corrected chi connectivity index (χ3v) is 3.89. The maximum atomic E-state index is 13.3. The molecule has 0 saturated carbocycles. The van der Waals surface area contributed by atoms with Crippen molar-refractivity contribution in [3.63, 3.8) is 0 Å². The minimum Gasteiger partial charge on any atom is -0.481 e. The number of nitrogens with one attached hydrogen (secondary N) is 1. The molecule has 1 saturated heterocycles. The first kappa shape index (κ1) is 16.7. The normalized spacial score (nSPS) is 18.1. The SMILES string of the molecule is O=C(O)CCNC(=O)N1CCOC(c2ccc(F)c(Br)c2)C1. The highest BCUT2D eigenvalue weighted by Crippen LogP contribution is 2.26. The van der Waals surface area contributed by atoms with Gasteiger partial charge in [0.05, 0.1) is 24.0 Å². The monoisotopic (exact) mass is 374 g/mol. The van der Waals surface area contributed by atoms with Crippen LogP contribution in [0.3, 0.4) is 0 Å². The molecular weight excluding hydrogens is 359 g/mol. The van der Waals surface area contributed by atoms with Gasteiger partial charge in [0.25, 0.3) is 0 Å². The summed E-state index contributed by atoms with van der Waals surface area (Å²) in [6.07, 6.45) is -0.458. The first-order valence-corrected chi connectivity index (χ1v) is 7.58. The molecule has 0 aliphatic carbocycles. The van der Waals surface area contributed by atoms with Gasteiger partial charge in [0.15, 0.2) is 0 Å². The van der Waals surface area contributed by atoms with Crippen LogP contribution >= 0.6 is 15.9 Å². The molecule has 120 valence electrons. The molecule has 8 heteroatoms. The van der Waals surface area contributed by atoms with Gasteiger partial charge in [0, 0.05) is 13.1 Å². The molecule has 2 rings (SSSR count). The summed E-state index contributed by atoms with van der Waals surface area (Å²) in [6.45, 7) is 1.21. The average molecular weight is 375 g/mol. The molecule has 1 aliphatic rings. The van der Waals surface area contributed by atoms with Gasteiger partial charge in [0.2, 0.25) is 0 Å². The van der Waals surface area contributed by atoms with Crippen molar-refractivity contribution in [2.24, 2.45) is 0 Å². The minimum atomic E-state index is -0.962. The molecule has 2 amide bonds. The summed E-state index contributed by atoms with van der Waals surface area (Å²) >= 11 is 3.13. The van der Waals surface area contributed by atoms with Gasteiger partial charge in [-0.2, -0.15) is 0 Å². The zero-order chi connectivity index (χ0) is 16.1. The summed E-state index contributed by atoms with van der Waals surface area (Å²) in [7, 11) is 0. The molecule has 1 aromatic carbocycles. The van der Waals surface area contributed by atoms with Crippen LogP contribution in [-0.4, -0.2) is 48.2 Å². The van der Waals surface area contributed by atoms with Crippen LogP contribution in [0.15, 0.2) is 22.7 Å². The van der Waals surface area contributed by atoms with Gasteiger partial charge in [-0.3, -0.25) is 4.79 Å². The Balaban J connectivity index is 1.94. The van der Waals surface area contributed by atoms with Crippen molar-refractivity contribution in [2.75, 3.05) is 26.2 Å². The smallest absolute Gasteiger partial charge is 0.317 e. The fourth-order valence-corrected chi connectivity index (χ4v) is 2.53. The number of carboxylic acids is 1. The summed E-state index contributed by atoms with van der Waals surface area (Å²) in [5.41, 5.74) is 0.774. The molecule has 0 spiro atoms. The van der Waals surface area contributed by atoms with Gasteiger partial charge in [-0.05, 0) is 33.6 Å². The maximum absolute atomic E-state index is 13.3. The van der Waals surface area contributed by atoms with E-state index in [9.17, 15) is 14.0 Å². The number of carbonyl (C=O) groups excluding carboxylic acids is 1. The van der Waals surface area contributed by atoms with Crippen molar-refractivity contribution in [1.82, 2.24) is 10.2 Å². The van der Waals surface area contributed by atoms with Crippen LogP contribution in [0, 0.1) is 5.82 Å². The van der Waals surface area contributed by atoms with Gasteiger partial charge in [-0.1, -0.05) is 6.07 Å². The topological polar surface area (TPSA) is 78.9 Å². The van der Waals surface area contributed by atoms with Crippen LogP contribution in [0.4, 0.5) is 9.18 Å². The molecule has 6 nitrogen and oxygen atoms in total. The number of halogens is 2. The van der Waals surface area contributed by atoms with Crippen molar-refractivity contribution >= 4 is 27.9 Å². The van der Waals surface area contributed by atoms with Crippen molar-refractivity contribution < 1.29 is 23.8 Å². The van der Waals surface area contributed by atoms with Crippen LogP contribution in [-0.2, 0) is 9.53 Å². The van der Waals surface area contributed by atoms with Crippen molar-refractivity contribution in [2.45, 2.75) is 12.5 Å². The van der Waals surface area contributed by atoms with E-state index < -0.39 is 5.97 Å². The third-order valence-electron chi connectivity index (χ3n) is 3.28. The van der Waals surface area contributed by atoms with E-state index in [0.717, 1.165) is 5.56 Å². The van der Waals surface area contributed by atoms with E-state index in [1.807, 2.05) is 0 Å². The number of carboxylic acid groups (broad SMARTS) is 1. The molecule has 0 radical (unpaired) electrons. The van der Waals surface area contributed by atoms with Crippen LogP contribution in [0.25, 0.3) is 0 Å². The number of urea groups is 1. The molecule has 1 fully saturated rings. The lowest BCUT2D eigenvalue weighted by Gasteiger charge is -2.33. The average Bonchev–Trinajstić information content (AvgIpc) is 2.49. The lowest BCUT2D eigenvalue weighted by atomic mass is 10.1. The summed E-state index contributed by atoms with van der Waals surface area (Å²) in [6, 6.07) is 4.27. The Labute approximate surface area is 135 Å². The fraction of sp³-hybridized carbons (Fsp3) is 0.429. The zero-order valence-corrected chi connectivity index (χ0v) is 13.3. The Morgan fingerprint density at radius 3 is 2.95 bits per heavy atom. The third kappa shape index (κ3) is 4.41. The summed E-state index contributed by atoms with van der Waals surface area (Å²) in [5, 5.41) is 11.1. The number of aliphatic carboxylic acids is 1. The molecule has 1 atom stereocenters. The van der Waals surface area contributed by atoms with Gasteiger partial charge >= 0.3 is 12.0 Å². The molecular formula is C14H16BrFN2O4. The Kier molecular flexibility index (Phi) is 5.73. The number of ether oxygens (including phenoxy) is 1. The lowest BCUT2D eigenvalue weighted by Crippen LogP contribution is -2.47. The van der Waals surface area contributed by atoms with E-state index in [-0.39, 0.29) is 30.9 Å². The Morgan fingerprint density at radius 2 is 2.27 bits per heavy atom. The Morgan fingerprint density at radius 1 is 1.50 bits per heavy atom. The highest BCUT2D eigenvalue weighted by atomic mass is 79.9. The standard InChI is InChI=1S/C14H16BrFN2O4/c15-10-7-9(1-2-11(10)16)12-8-18(5-6-22-12)14(21)17-4-3-13(19)20/h1-2,7,12H,3-6,8H2,(H,17,21)(H,19,20). The fourth-order valence-electron chi connectivity index (χ4n) is 2.14. The van der Waals surface area contributed by atoms with E-state index in [0.29, 0.717) is 24.2 Å². The second kappa shape index (κ2) is 7.55. The van der Waals surface area contributed by atoms with Crippen LogP contribution < -0.4 is 5.32 Å². The number of amides is 2. The number of rotatable bonds is 4. The molecule has 2 N–H and O–H groups in total. The molecule has 1 heterocycles. The van der Waals surface area contributed by atoms with Crippen LogP contribution in [0.2, 0.25) is 0 Å². The van der Waals surface area contributed by atoms with E-state index in [4.69, 9.17) is 9.84 Å². The van der Waals surface area contributed by atoms with E-state index >= 15 is 0 Å². The highest BCUT2D eigenvalue weighted by molar-refractivity contribution is 9.10. The number of hydrogen-bond acceptors (Lipinski definition) is 3. The molecule has 1 aliphatic heterocycles. The predicted molar refractivity (Wildman–Crippen MR) is 80.0 cm³/mol.